The Hall–Kier alpha value is -2.74. The summed E-state index contributed by atoms with van der Waals surface area (Å²) in [6, 6.07) is 23.0. The number of carbonyl (C=O) groups is 1. The second-order valence-electron chi connectivity index (χ2n) is 4.79. The molecule has 2 heteroatoms. The predicted octanol–water partition coefficient (Wildman–Crippen LogP) is 4.72. The van der Waals surface area contributed by atoms with Crippen molar-refractivity contribution < 1.29 is 9.18 Å². The lowest BCUT2D eigenvalue weighted by atomic mass is 9.98. The molecule has 102 valence electrons. The fourth-order valence-electron chi connectivity index (χ4n) is 2.27. The summed E-state index contributed by atoms with van der Waals surface area (Å²) in [4.78, 5) is 12.4. The van der Waals surface area contributed by atoms with Gasteiger partial charge in [-0.15, -0.1) is 0 Å². The maximum absolute atomic E-state index is 13.2. The first-order valence-electron chi connectivity index (χ1n) is 6.70. The summed E-state index contributed by atoms with van der Waals surface area (Å²) in [5.41, 5.74) is 2.94. The molecule has 1 nitrogen and oxygen atoms in total. The monoisotopic (exact) mass is 276 g/mol. The van der Waals surface area contributed by atoms with Gasteiger partial charge in [-0.05, 0) is 29.3 Å². The van der Waals surface area contributed by atoms with E-state index in [1.54, 1.807) is 18.2 Å². The Balaban J connectivity index is 1.98. The van der Waals surface area contributed by atoms with Crippen molar-refractivity contribution in [3.05, 3.63) is 95.8 Å². The molecule has 0 unspecified atom stereocenters. The number of rotatable bonds is 3. The van der Waals surface area contributed by atoms with Gasteiger partial charge in [-0.3, -0.25) is 4.79 Å². The molecule has 0 N–H and O–H groups in total. The highest BCUT2D eigenvalue weighted by Crippen LogP contribution is 2.21. The lowest BCUT2D eigenvalue weighted by Gasteiger charge is -2.05. The van der Waals surface area contributed by atoms with Crippen LogP contribution in [0, 0.1) is 5.82 Å². The van der Waals surface area contributed by atoms with E-state index in [0.29, 0.717) is 11.1 Å². The zero-order chi connectivity index (χ0) is 14.7. The SMILES string of the molecule is O=C(c1cccc(F)c1)c1cccc(-c2ccccc2)c1. The molecule has 0 fully saturated rings. The molecular formula is C19H13FO. The van der Waals surface area contributed by atoms with E-state index < -0.39 is 5.82 Å². The van der Waals surface area contributed by atoms with Crippen LogP contribution < -0.4 is 0 Å². The molecule has 3 aromatic rings. The summed E-state index contributed by atoms with van der Waals surface area (Å²) in [6.45, 7) is 0. The van der Waals surface area contributed by atoms with Gasteiger partial charge in [0.05, 0.1) is 0 Å². The number of ketones is 1. The standard InChI is InChI=1S/C19H13FO/c20-18-11-5-10-17(13-18)19(21)16-9-4-8-15(12-16)14-6-2-1-3-7-14/h1-13H. The van der Waals surface area contributed by atoms with Crippen LogP contribution in [0.2, 0.25) is 0 Å². The molecule has 0 bridgehead atoms. The van der Waals surface area contributed by atoms with Gasteiger partial charge in [-0.1, -0.05) is 60.7 Å². The molecule has 0 amide bonds. The number of carbonyl (C=O) groups excluding carboxylic acids is 1. The lowest BCUT2D eigenvalue weighted by Crippen LogP contribution is -2.01. The van der Waals surface area contributed by atoms with Crippen LogP contribution in [-0.2, 0) is 0 Å². The fourth-order valence-corrected chi connectivity index (χ4v) is 2.27. The third-order valence-corrected chi connectivity index (χ3v) is 3.32. The molecule has 0 saturated carbocycles. The highest BCUT2D eigenvalue weighted by molar-refractivity contribution is 6.09. The third kappa shape index (κ3) is 2.90. The molecule has 0 saturated heterocycles. The van der Waals surface area contributed by atoms with Gasteiger partial charge in [0.2, 0.25) is 0 Å². The molecule has 0 aliphatic carbocycles. The fraction of sp³-hybridized carbons (Fsp3) is 0. The van der Waals surface area contributed by atoms with Crippen molar-refractivity contribution in [1.29, 1.82) is 0 Å². The van der Waals surface area contributed by atoms with Crippen LogP contribution >= 0.6 is 0 Å². The maximum Gasteiger partial charge on any atom is 0.193 e. The predicted molar refractivity (Wildman–Crippen MR) is 81.7 cm³/mol. The average molecular weight is 276 g/mol. The van der Waals surface area contributed by atoms with E-state index >= 15 is 0 Å². The zero-order valence-electron chi connectivity index (χ0n) is 11.3. The second-order valence-corrected chi connectivity index (χ2v) is 4.79. The van der Waals surface area contributed by atoms with Crippen LogP contribution in [0.25, 0.3) is 11.1 Å². The van der Waals surface area contributed by atoms with E-state index in [-0.39, 0.29) is 5.78 Å². The van der Waals surface area contributed by atoms with Crippen LogP contribution in [0.3, 0.4) is 0 Å². The molecule has 0 aliphatic heterocycles. The molecule has 0 aliphatic rings. The van der Waals surface area contributed by atoms with E-state index in [1.165, 1.54) is 12.1 Å². The first-order chi connectivity index (χ1) is 10.2. The number of hydrogen-bond acceptors (Lipinski definition) is 1. The van der Waals surface area contributed by atoms with Crippen molar-refractivity contribution in [2.75, 3.05) is 0 Å². The van der Waals surface area contributed by atoms with E-state index in [0.717, 1.165) is 11.1 Å². The minimum atomic E-state index is -0.403. The molecule has 0 radical (unpaired) electrons. The molecule has 3 rings (SSSR count). The Bertz CT molecular complexity index is 778. The van der Waals surface area contributed by atoms with Crippen molar-refractivity contribution in [2.45, 2.75) is 0 Å². The summed E-state index contributed by atoms with van der Waals surface area (Å²) < 4.78 is 13.2. The maximum atomic E-state index is 13.2. The van der Waals surface area contributed by atoms with Gasteiger partial charge in [0, 0.05) is 11.1 Å². The molecule has 3 aromatic carbocycles. The molecule has 21 heavy (non-hydrogen) atoms. The third-order valence-electron chi connectivity index (χ3n) is 3.32. The van der Waals surface area contributed by atoms with Gasteiger partial charge in [-0.25, -0.2) is 4.39 Å². The van der Waals surface area contributed by atoms with Gasteiger partial charge in [0.25, 0.3) is 0 Å². The highest BCUT2D eigenvalue weighted by Gasteiger charge is 2.10. The van der Waals surface area contributed by atoms with Crippen LogP contribution in [0.5, 0.6) is 0 Å². The molecule has 0 spiro atoms. The zero-order valence-corrected chi connectivity index (χ0v) is 11.3. The molecule has 0 heterocycles. The first kappa shape index (κ1) is 13.3. The summed E-state index contributed by atoms with van der Waals surface area (Å²) in [6.07, 6.45) is 0. The first-order valence-corrected chi connectivity index (χ1v) is 6.70. The van der Waals surface area contributed by atoms with Crippen molar-refractivity contribution in [1.82, 2.24) is 0 Å². The Labute approximate surface area is 122 Å². The van der Waals surface area contributed by atoms with Crippen molar-refractivity contribution in [3.8, 4) is 11.1 Å². The molecule has 0 aromatic heterocycles. The second kappa shape index (κ2) is 5.71. The van der Waals surface area contributed by atoms with Crippen molar-refractivity contribution in [3.63, 3.8) is 0 Å². The summed E-state index contributed by atoms with van der Waals surface area (Å²) >= 11 is 0. The van der Waals surface area contributed by atoms with Gasteiger partial charge in [0.15, 0.2) is 5.78 Å². The minimum absolute atomic E-state index is 0.174. The summed E-state index contributed by atoms with van der Waals surface area (Å²) in [5.74, 6) is -0.577. The molecular weight excluding hydrogens is 263 g/mol. The van der Waals surface area contributed by atoms with Crippen LogP contribution in [0.15, 0.2) is 78.9 Å². The average Bonchev–Trinajstić information content (AvgIpc) is 2.55. The normalized spacial score (nSPS) is 10.3. The Morgan fingerprint density at radius 1 is 0.667 bits per heavy atom. The largest absolute Gasteiger partial charge is 0.289 e. The van der Waals surface area contributed by atoms with Crippen LogP contribution in [0.1, 0.15) is 15.9 Å². The van der Waals surface area contributed by atoms with Gasteiger partial charge in [0.1, 0.15) is 5.82 Å². The quantitative estimate of drug-likeness (QED) is 0.632. The minimum Gasteiger partial charge on any atom is -0.289 e. The number of benzene rings is 3. The number of halogens is 1. The molecule has 0 atom stereocenters. The highest BCUT2D eigenvalue weighted by atomic mass is 19.1. The number of hydrogen-bond donors (Lipinski definition) is 0. The Kier molecular flexibility index (Phi) is 3.61. The van der Waals surface area contributed by atoms with Crippen molar-refractivity contribution in [2.24, 2.45) is 0 Å². The Morgan fingerprint density at radius 2 is 1.29 bits per heavy atom. The Morgan fingerprint density at radius 3 is 2.00 bits per heavy atom. The van der Waals surface area contributed by atoms with E-state index in [9.17, 15) is 9.18 Å². The topological polar surface area (TPSA) is 17.1 Å². The summed E-state index contributed by atoms with van der Waals surface area (Å²) in [7, 11) is 0. The lowest BCUT2D eigenvalue weighted by molar-refractivity contribution is 0.103. The van der Waals surface area contributed by atoms with E-state index in [4.69, 9.17) is 0 Å². The van der Waals surface area contributed by atoms with Crippen molar-refractivity contribution >= 4 is 5.78 Å². The van der Waals surface area contributed by atoms with Gasteiger partial charge >= 0.3 is 0 Å². The smallest absolute Gasteiger partial charge is 0.193 e. The van der Waals surface area contributed by atoms with E-state index in [1.807, 2.05) is 48.5 Å². The van der Waals surface area contributed by atoms with Crippen LogP contribution in [-0.4, -0.2) is 5.78 Å². The van der Waals surface area contributed by atoms with Gasteiger partial charge in [-0.2, -0.15) is 0 Å². The van der Waals surface area contributed by atoms with Gasteiger partial charge < -0.3 is 0 Å². The van der Waals surface area contributed by atoms with Crippen LogP contribution in [0.4, 0.5) is 4.39 Å². The van der Waals surface area contributed by atoms with E-state index in [2.05, 4.69) is 0 Å². The summed E-state index contributed by atoms with van der Waals surface area (Å²) in [5, 5.41) is 0.